The predicted octanol–water partition coefficient (Wildman–Crippen LogP) is 5.98. The molecule has 4 rings (SSSR count). The monoisotopic (exact) mass is 451 g/mol. The van der Waals surface area contributed by atoms with Crippen molar-refractivity contribution >= 4 is 11.9 Å². The number of carbonyl (C=O) groups excluding carboxylic acids is 1. The lowest BCUT2D eigenvalue weighted by molar-refractivity contribution is -0.137. The second-order valence-corrected chi connectivity index (χ2v) is 7.92. The van der Waals surface area contributed by atoms with E-state index in [2.05, 4.69) is 5.32 Å². The summed E-state index contributed by atoms with van der Waals surface area (Å²) in [5, 5.41) is 12.3. The highest BCUT2D eigenvalue weighted by molar-refractivity contribution is 5.96. The van der Waals surface area contributed by atoms with E-state index in [1.54, 1.807) is 19.2 Å². The average molecular weight is 452 g/mol. The van der Waals surface area contributed by atoms with Crippen molar-refractivity contribution in [2.45, 2.75) is 12.5 Å². The Hall–Kier alpha value is -4.38. The summed E-state index contributed by atoms with van der Waals surface area (Å²) in [5.74, 6) is -0.550. The third kappa shape index (κ3) is 5.51. The van der Waals surface area contributed by atoms with Crippen molar-refractivity contribution in [3.05, 3.63) is 114 Å². The summed E-state index contributed by atoms with van der Waals surface area (Å²) in [6.45, 7) is 0. The van der Waals surface area contributed by atoms with Crippen LogP contribution in [0, 0.1) is 0 Å². The van der Waals surface area contributed by atoms with E-state index in [1.807, 2.05) is 91.0 Å². The topological polar surface area (TPSA) is 75.6 Å². The molecule has 4 aromatic rings. The third-order valence-corrected chi connectivity index (χ3v) is 5.65. The highest BCUT2D eigenvalue weighted by Gasteiger charge is 2.19. The Morgan fingerprint density at radius 1 is 0.765 bits per heavy atom. The van der Waals surface area contributed by atoms with Gasteiger partial charge >= 0.3 is 5.97 Å². The average Bonchev–Trinajstić information content (AvgIpc) is 2.89. The summed E-state index contributed by atoms with van der Waals surface area (Å²) >= 11 is 0. The van der Waals surface area contributed by atoms with Gasteiger partial charge in [0.1, 0.15) is 5.75 Å². The highest BCUT2D eigenvalue weighted by Crippen LogP contribution is 2.26. The molecule has 0 fully saturated rings. The highest BCUT2D eigenvalue weighted by atomic mass is 16.5. The van der Waals surface area contributed by atoms with E-state index in [4.69, 9.17) is 4.74 Å². The van der Waals surface area contributed by atoms with Crippen LogP contribution < -0.4 is 10.1 Å². The smallest absolute Gasteiger partial charge is 0.305 e. The van der Waals surface area contributed by atoms with Gasteiger partial charge in [0.15, 0.2) is 0 Å². The van der Waals surface area contributed by atoms with Gasteiger partial charge in [0.2, 0.25) is 0 Å². The third-order valence-electron chi connectivity index (χ3n) is 5.65. The fourth-order valence-electron chi connectivity index (χ4n) is 3.83. The number of aliphatic carboxylic acids is 1. The number of ether oxygens (including phenoxy) is 1. The molecule has 5 heteroatoms. The molecule has 0 aromatic heterocycles. The largest absolute Gasteiger partial charge is 0.497 e. The molecule has 0 aliphatic carbocycles. The number of carbonyl (C=O) groups is 2. The van der Waals surface area contributed by atoms with Crippen molar-refractivity contribution in [2.75, 3.05) is 7.11 Å². The van der Waals surface area contributed by atoms with Crippen LogP contribution in [0.4, 0.5) is 0 Å². The Morgan fingerprint density at radius 3 is 2.00 bits per heavy atom. The lowest BCUT2D eigenvalue weighted by Gasteiger charge is -2.18. The van der Waals surface area contributed by atoms with Gasteiger partial charge in [-0.05, 0) is 52.1 Å². The molecule has 1 amide bonds. The van der Waals surface area contributed by atoms with Crippen molar-refractivity contribution in [3.8, 4) is 28.0 Å². The number of hydrogen-bond donors (Lipinski definition) is 2. The molecule has 1 unspecified atom stereocenters. The van der Waals surface area contributed by atoms with E-state index in [9.17, 15) is 14.7 Å². The minimum atomic E-state index is -0.982. The van der Waals surface area contributed by atoms with Crippen LogP contribution in [0.25, 0.3) is 22.3 Å². The van der Waals surface area contributed by atoms with Crippen LogP contribution >= 0.6 is 0 Å². The molecule has 34 heavy (non-hydrogen) atoms. The summed E-state index contributed by atoms with van der Waals surface area (Å²) in [6, 6.07) is 31.7. The van der Waals surface area contributed by atoms with Crippen LogP contribution in [0.2, 0.25) is 0 Å². The number of benzene rings is 4. The number of carboxylic acids is 1. The zero-order chi connectivity index (χ0) is 23.9. The van der Waals surface area contributed by atoms with Crippen LogP contribution in [-0.4, -0.2) is 24.1 Å². The standard InChI is InChI=1S/C29H25NO4/c1-34-26-16-14-22(15-17-26)24-8-5-9-25(18-24)29(33)30-27(19-28(31)32)23-12-10-21(11-13-23)20-6-3-2-4-7-20/h2-18,27H,19H2,1H3,(H,30,33)(H,31,32). The van der Waals surface area contributed by atoms with Gasteiger partial charge in [-0.25, -0.2) is 0 Å². The number of methoxy groups -OCH3 is 1. The molecule has 0 bridgehead atoms. The van der Waals surface area contributed by atoms with Gasteiger partial charge in [-0.2, -0.15) is 0 Å². The van der Waals surface area contributed by atoms with Gasteiger partial charge in [-0.3, -0.25) is 9.59 Å². The summed E-state index contributed by atoms with van der Waals surface area (Å²) in [4.78, 5) is 24.6. The molecule has 2 N–H and O–H groups in total. The molecule has 0 radical (unpaired) electrons. The number of hydrogen-bond acceptors (Lipinski definition) is 3. The number of carboxylic acid groups (broad SMARTS) is 1. The van der Waals surface area contributed by atoms with Gasteiger partial charge < -0.3 is 15.2 Å². The van der Waals surface area contributed by atoms with Crippen molar-refractivity contribution in [3.63, 3.8) is 0 Å². The Bertz CT molecular complexity index is 1270. The minimum Gasteiger partial charge on any atom is -0.497 e. The van der Waals surface area contributed by atoms with Crippen LogP contribution in [0.15, 0.2) is 103 Å². The second-order valence-electron chi connectivity index (χ2n) is 7.92. The molecule has 0 aliphatic rings. The normalized spacial score (nSPS) is 11.4. The molecule has 1 atom stereocenters. The molecule has 5 nitrogen and oxygen atoms in total. The van der Waals surface area contributed by atoms with Crippen LogP contribution in [0.3, 0.4) is 0 Å². The van der Waals surface area contributed by atoms with Crippen molar-refractivity contribution in [1.82, 2.24) is 5.32 Å². The summed E-state index contributed by atoms with van der Waals surface area (Å²) in [6.07, 6.45) is -0.214. The van der Waals surface area contributed by atoms with Gasteiger partial charge in [-0.1, -0.05) is 78.9 Å². The zero-order valence-corrected chi connectivity index (χ0v) is 18.8. The molecular formula is C29H25NO4. The predicted molar refractivity (Wildman–Crippen MR) is 133 cm³/mol. The van der Waals surface area contributed by atoms with Crippen LogP contribution in [0.5, 0.6) is 5.75 Å². The quantitative estimate of drug-likeness (QED) is 0.346. The Kier molecular flexibility index (Phi) is 7.04. The first-order chi connectivity index (χ1) is 16.5. The fourth-order valence-corrected chi connectivity index (χ4v) is 3.83. The van der Waals surface area contributed by atoms with Crippen LogP contribution in [-0.2, 0) is 4.79 Å². The van der Waals surface area contributed by atoms with E-state index in [0.717, 1.165) is 33.6 Å². The van der Waals surface area contributed by atoms with Gasteiger partial charge in [0.05, 0.1) is 19.6 Å². The molecule has 0 saturated heterocycles. The molecule has 0 heterocycles. The maximum absolute atomic E-state index is 13.1. The molecule has 0 saturated carbocycles. The lowest BCUT2D eigenvalue weighted by Crippen LogP contribution is -2.30. The lowest BCUT2D eigenvalue weighted by atomic mass is 9.98. The number of rotatable bonds is 8. The van der Waals surface area contributed by atoms with Gasteiger partial charge in [0, 0.05) is 5.56 Å². The molecule has 170 valence electrons. The second kappa shape index (κ2) is 10.5. The maximum atomic E-state index is 13.1. The van der Waals surface area contributed by atoms with Crippen molar-refractivity contribution < 1.29 is 19.4 Å². The van der Waals surface area contributed by atoms with E-state index in [1.165, 1.54) is 0 Å². The summed E-state index contributed by atoms with van der Waals surface area (Å²) in [7, 11) is 1.61. The van der Waals surface area contributed by atoms with Crippen LogP contribution in [0.1, 0.15) is 28.4 Å². The first-order valence-electron chi connectivity index (χ1n) is 11.0. The molecule has 4 aromatic carbocycles. The SMILES string of the molecule is COc1ccc(-c2cccc(C(=O)NC(CC(=O)O)c3ccc(-c4ccccc4)cc3)c2)cc1. The fraction of sp³-hybridized carbons (Fsp3) is 0.103. The molecule has 0 spiro atoms. The van der Waals surface area contributed by atoms with E-state index >= 15 is 0 Å². The van der Waals surface area contributed by atoms with Crippen molar-refractivity contribution in [1.29, 1.82) is 0 Å². The minimum absolute atomic E-state index is 0.214. The maximum Gasteiger partial charge on any atom is 0.305 e. The first-order valence-corrected chi connectivity index (χ1v) is 11.0. The Morgan fingerprint density at radius 2 is 1.35 bits per heavy atom. The van der Waals surface area contributed by atoms with E-state index < -0.39 is 12.0 Å². The summed E-state index contributed by atoms with van der Waals surface area (Å²) in [5.41, 5.74) is 5.14. The Balaban J connectivity index is 1.54. The number of amides is 1. The number of nitrogens with one attached hydrogen (secondary N) is 1. The van der Waals surface area contributed by atoms with Gasteiger partial charge in [-0.15, -0.1) is 0 Å². The first kappa shape index (κ1) is 22.8. The summed E-state index contributed by atoms with van der Waals surface area (Å²) < 4.78 is 5.20. The molecular weight excluding hydrogens is 426 g/mol. The Labute approximate surface area is 198 Å². The van der Waals surface area contributed by atoms with E-state index in [-0.39, 0.29) is 12.3 Å². The zero-order valence-electron chi connectivity index (χ0n) is 18.8. The molecule has 0 aliphatic heterocycles. The van der Waals surface area contributed by atoms with E-state index in [0.29, 0.717) is 5.56 Å². The van der Waals surface area contributed by atoms with Gasteiger partial charge in [0.25, 0.3) is 5.91 Å². The van der Waals surface area contributed by atoms with Crippen molar-refractivity contribution in [2.24, 2.45) is 0 Å².